The molecule has 5 nitrogen and oxygen atoms in total. The van der Waals surface area contributed by atoms with Crippen molar-refractivity contribution in [2.75, 3.05) is 11.9 Å². The Labute approximate surface area is 158 Å². The molecule has 0 aliphatic carbocycles. The fourth-order valence-electron chi connectivity index (χ4n) is 1.90. The number of thioether (sulfide) groups is 1. The Hall–Kier alpha value is -2.09. The molecule has 8 heteroatoms. The number of benzene rings is 2. The van der Waals surface area contributed by atoms with Crippen molar-refractivity contribution in [3.8, 4) is 5.75 Å². The van der Waals surface area contributed by atoms with Crippen LogP contribution in [0.15, 0.2) is 58.9 Å². The largest absolute Gasteiger partial charge is 0.484 e. The van der Waals surface area contributed by atoms with E-state index in [0.717, 1.165) is 10.1 Å². The maximum Gasteiger partial charge on any atom is 0.264 e. The van der Waals surface area contributed by atoms with Crippen molar-refractivity contribution in [2.24, 2.45) is 0 Å². The zero-order chi connectivity index (χ0) is 17.5. The van der Waals surface area contributed by atoms with Gasteiger partial charge in [-0.15, -0.1) is 10.2 Å². The van der Waals surface area contributed by atoms with E-state index in [4.69, 9.17) is 16.3 Å². The number of hydrogen-bond donors (Lipinski definition) is 1. The summed E-state index contributed by atoms with van der Waals surface area (Å²) < 4.78 is 6.19. The molecule has 0 aliphatic heterocycles. The Morgan fingerprint density at radius 3 is 2.80 bits per heavy atom. The Bertz CT molecular complexity index is 843. The molecule has 1 heterocycles. The van der Waals surface area contributed by atoms with Crippen molar-refractivity contribution in [3.63, 3.8) is 0 Å². The summed E-state index contributed by atoms with van der Waals surface area (Å²) in [7, 11) is 0. The van der Waals surface area contributed by atoms with E-state index in [0.29, 0.717) is 15.9 Å². The lowest BCUT2D eigenvalue weighted by atomic mass is 10.2. The average Bonchev–Trinajstić information content (AvgIpc) is 3.06. The molecule has 0 fully saturated rings. The van der Waals surface area contributed by atoms with Crippen LogP contribution < -0.4 is 10.1 Å². The first-order chi connectivity index (χ1) is 12.2. The summed E-state index contributed by atoms with van der Waals surface area (Å²) in [5.41, 5.74) is 1.21. The molecular weight excluding hydrogens is 378 g/mol. The van der Waals surface area contributed by atoms with Crippen LogP contribution in [0.3, 0.4) is 0 Å². The fourth-order valence-corrected chi connectivity index (χ4v) is 3.80. The molecule has 3 rings (SSSR count). The highest BCUT2D eigenvalue weighted by molar-refractivity contribution is 8.00. The lowest BCUT2D eigenvalue weighted by molar-refractivity contribution is -0.118. The molecule has 0 saturated heterocycles. The summed E-state index contributed by atoms with van der Waals surface area (Å²) >= 11 is 8.78. The third kappa shape index (κ3) is 5.74. The molecule has 0 aliphatic rings. The van der Waals surface area contributed by atoms with E-state index in [-0.39, 0.29) is 12.5 Å². The molecular formula is C17H14ClN3O2S2. The number of hydrogen-bond acceptors (Lipinski definition) is 6. The quantitative estimate of drug-likeness (QED) is 0.474. The Morgan fingerprint density at radius 2 is 2.00 bits per heavy atom. The van der Waals surface area contributed by atoms with Crippen LogP contribution in [0.2, 0.25) is 5.02 Å². The van der Waals surface area contributed by atoms with Crippen molar-refractivity contribution < 1.29 is 9.53 Å². The first-order valence-electron chi connectivity index (χ1n) is 7.37. The normalized spacial score (nSPS) is 10.4. The monoisotopic (exact) mass is 391 g/mol. The van der Waals surface area contributed by atoms with Crippen molar-refractivity contribution in [3.05, 3.63) is 65.2 Å². The van der Waals surface area contributed by atoms with Gasteiger partial charge in [0.1, 0.15) is 5.75 Å². The first-order valence-corrected chi connectivity index (χ1v) is 9.55. The molecule has 0 saturated carbocycles. The van der Waals surface area contributed by atoms with Gasteiger partial charge in [-0.1, -0.05) is 71.1 Å². The van der Waals surface area contributed by atoms with Gasteiger partial charge in [-0.05, 0) is 23.8 Å². The van der Waals surface area contributed by atoms with Crippen LogP contribution in [-0.2, 0) is 10.5 Å². The van der Waals surface area contributed by atoms with Gasteiger partial charge in [0, 0.05) is 10.8 Å². The number of ether oxygens (including phenoxy) is 1. The van der Waals surface area contributed by atoms with Crippen molar-refractivity contribution >= 4 is 45.7 Å². The highest BCUT2D eigenvalue weighted by Gasteiger charge is 2.09. The van der Waals surface area contributed by atoms with E-state index in [1.165, 1.54) is 16.9 Å². The molecule has 3 aromatic rings. The Kier molecular flexibility index (Phi) is 6.27. The molecule has 0 radical (unpaired) electrons. The first kappa shape index (κ1) is 17.7. The van der Waals surface area contributed by atoms with E-state index in [2.05, 4.69) is 27.6 Å². The molecule has 1 N–H and O–H groups in total. The van der Waals surface area contributed by atoms with E-state index in [9.17, 15) is 4.79 Å². The number of aromatic nitrogens is 2. The van der Waals surface area contributed by atoms with E-state index >= 15 is 0 Å². The van der Waals surface area contributed by atoms with Gasteiger partial charge in [-0.3, -0.25) is 10.1 Å². The standard InChI is InChI=1S/C17H14ClN3O2S2/c18-13-7-4-8-14(9-13)23-10-15(22)19-16-20-21-17(25-16)24-11-12-5-2-1-3-6-12/h1-9H,10-11H2,(H,19,20,22). The second-order valence-electron chi connectivity index (χ2n) is 4.94. The minimum absolute atomic E-state index is 0.119. The number of nitrogens with one attached hydrogen (secondary N) is 1. The molecule has 128 valence electrons. The van der Waals surface area contributed by atoms with Crippen LogP contribution in [-0.4, -0.2) is 22.7 Å². The summed E-state index contributed by atoms with van der Waals surface area (Å²) in [6, 6.07) is 17.0. The predicted molar refractivity (Wildman–Crippen MR) is 101 cm³/mol. The predicted octanol–water partition coefficient (Wildman–Crippen LogP) is 4.50. The number of anilines is 1. The number of carbonyl (C=O) groups is 1. The molecule has 1 amide bonds. The van der Waals surface area contributed by atoms with Gasteiger partial charge in [0.05, 0.1) is 0 Å². The lowest BCUT2D eigenvalue weighted by Gasteiger charge is -2.05. The van der Waals surface area contributed by atoms with Crippen molar-refractivity contribution in [1.29, 1.82) is 0 Å². The second-order valence-corrected chi connectivity index (χ2v) is 7.58. The summed E-state index contributed by atoms with van der Waals surface area (Å²) in [6.45, 7) is -0.119. The summed E-state index contributed by atoms with van der Waals surface area (Å²) in [5, 5.41) is 11.7. The smallest absolute Gasteiger partial charge is 0.264 e. The minimum atomic E-state index is -0.296. The lowest BCUT2D eigenvalue weighted by Crippen LogP contribution is -2.20. The van der Waals surface area contributed by atoms with Crippen LogP contribution in [0, 0.1) is 0 Å². The highest BCUT2D eigenvalue weighted by Crippen LogP contribution is 2.28. The van der Waals surface area contributed by atoms with Crippen LogP contribution in [0.25, 0.3) is 0 Å². The Balaban J connectivity index is 1.46. The summed E-state index contributed by atoms with van der Waals surface area (Å²) in [4.78, 5) is 11.9. The summed E-state index contributed by atoms with van der Waals surface area (Å²) in [5.74, 6) is 1.05. The van der Waals surface area contributed by atoms with Crippen LogP contribution in [0.4, 0.5) is 5.13 Å². The summed E-state index contributed by atoms with van der Waals surface area (Å²) in [6.07, 6.45) is 0. The SMILES string of the molecule is O=C(COc1cccc(Cl)c1)Nc1nnc(SCc2ccccc2)s1. The van der Waals surface area contributed by atoms with E-state index in [1.807, 2.05) is 18.2 Å². The zero-order valence-corrected chi connectivity index (χ0v) is 15.4. The molecule has 0 spiro atoms. The Morgan fingerprint density at radius 1 is 1.16 bits per heavy atom. The van der Waals surface area contributed by atoms with Gasteiger partial charge in [-0.2, -0.15) is 0 Å². The maximum atomic E-state index is 11.9. The van der Waals surface area contributed by atoms with Gasteiger partial charge in [-0.25, -0.2) is 0 Å². The molecule has 2 aromatic carbocycles. The third-order valence-corrected chi connectivity index (χ3v) is 5.30. The van der Waals surface area contributed by atoms with Crippen LogP contribution in [0.5, 0.6) is 5.75 Å². The average molecular weight is 392 g/mol. The van der Waals surface area contributed by atoms with Crippen LogP contribution in [0.1, 0.15) is 5.56 Å². The van der Waals surface area contributed by atoms with Gasteiger partial charge < -0.3 is 4.74 Å². The maximum absolute atomic E-state index is 11.9. The zero-order valence-electron chi connectivity index (χ0n) is 13.0. The molecule has 1 aromatic heterocycles. The molecule has 0 atom stereocenters. The van der Waals surface area contributed by atoms with Gasteiger partial charge in [0.2, 0.25) is 5.13 Å². The highest BCUT2D eigenvalue weighted by atomic mass is 35.5. The van der Waals surface area contributed by atoms with Crippen molar-refractivity contribution in [2.45, 2.75) is 10.1 Å². The van der Waals surface area contributed by atoms with Crippen LogP contribution >= 0.6 is 34.7 Å². The molecule has 0 bridgehead atoms. The van der Waals surface area contributed by atoms with Gasteiger partial charge in [0.25, 0.3) is 5.91 Å². The second kappa shape index (κ2) is 8.84. The molecule has 0 unspecified atom stereocenters. The number of halogens is 1. The van der Waals surface area contributed by atoms with E-state index < -0.39 is 0 Å². The number of rotatable bonds is 7. The number of nitrogens with zero attached hydrogens (tertiary/aromatic N) is 2. The van der Waals surface area contributed by atoms with Crippen molar-refractivity contribution in [1.82, 2.24) is 10.2 Å². The van der Waals surface area contributed by atoms with Gasteiger partial charge in [0.15, 0.2) is 10.9 Å². The number of carbonyl (C=O) groups excluding carboxylic acids is 1. The van der Waals surface area contributed by atoms with E-state index in [1.54, 1.807) is 36.0 Å². The minimum Gasteiger partial charge on any atom is -0.484 e. The number of amides is 1. The van der Waals surface area contributed by atoms with Gasteiger partial charge >= 0.3 is 0 Å². The topological polar surface area (TPSA) is 64.1 Å². The fraction of sp³-hybridized carbons (Fsp3) is 0.118. The molecule has 25 heavy (non-hydrogen) atoms. The third-order valence-electron chi connectivity index (χ3n) is 3.02.